The van der Waals surface area contributed by atoms with Gasteiger partial charge in [0, 0.05) is 24.7 Å². The predicted octanol–water partition coefficient (Wildman–Crippen LogP) is 2.01. The van der Waals surface area contributed by atoms with Crippen molar-refractivity contribution in [3.8, 4) is 5.75 Å². The highest BCUT2D eigenvalue weighted by Crippen LogP contribution is 2.35. The first-order valence-electron chi connectivity index (χ1n) is 7.21. The Morgan fingerprint density at radius 1 is 1.42 bits per heavy atom. The van der Waals surface area contributed by atoms with Gasteiger partial charge in [-0.2, -0.15) is 0 Å². The van der Waals surface area contributed by atoms with E-state index in [1.807, 2.05) is 19.9 Å². The zero-order valence-electron chi connectivity index (χ0n) is 13.1. The maximum atomic E-state index is 12.4. The number of hydrogen-bond donors (Lipinski definition) is 0. The zero-order valence-corrected chi connectivity index (χ0v) is 13.1. The molecule has 2 aromatic heterocycles. The van der Waals surface area contributed by atoms with E-state index in [-0.39, 0.29) is 12.2 Å². The molecular weight excluding hydrogens is 314 g/mol. The van der Waals surface area contributed by atoms with Gasteiger partial charge in [-0.15, -0.1) is 10.1 Å². The van der Waals surface area contributed by atoms with Crippen LogP contribution >= 0.6 is 0 Å². The summed E-state index contributed by atoms with van der Waals surface area (Å²) in [4.78, 5) is 31.1. The van der Waals surface area contributed by atoms with E-state index in [0.29, 0.717) is 22.6 Å². The summed E-state index contributed by atoms with van der Waals surface area (Å²) >= 11 is 0. The van der Waals surface area contributed by atoms with Crippen LogP contribution in [0.1, 0.15) is 25.0 Å². The standard InChI is InChI=1S/C16H15N3O5/c1-16(2)8-13(12-9-17-5-3-14(12)24-16)18-6-4-11(7-15(18)20)10-23-19(21)22/h3-9H,10H2,1-2H3. The molecule has 3 rings (SSSR count). The van der Waals surface area contributed by atoms with E-state index in [4.69, 9.17) is 4.74 Å². The van der Waals surface area contributed by atoms with Crippen molar-refractivity contribution in [2.45, 2.75) is 26.1 Å². The van der Waals surface area contributed by atoms with Gasteiger partial charge in [0.05, 0.1) is 11.3 Å². The fraction of sp³-hybridized carbons (Fsp3) is 0.250. The number of ether oxygens (including phenoxy) is 1. The zero-order chi connectivity index (χ0) is 17.3. The largest absolute Gasteiger partial charge is 0.483 e. The summed E-state index contributed by atoms with van der Waals surface area (Å²) in [6.07, 6.45) is 6.65. The third-order valence-electron chi connectivity index (χ3n) is 3.49. The molecular formula is C16H15N3O5. The molecule has 24 heavy (non-hydrogen) atoms. The van der Waals surface area contributed by atoms with Crippen molar-refractivity contribution in [2.24, 2.45) is 0 Å². The minimum Gasteiger partial charge on any atom is -0.483 e. The van der Waals surface area contributed by atoms with Crippen molar-refractivity contribution < 1.29 is 14.7 Å². The minimum absolute atomic E-state index is 0.269. The molecule has 0 amide bonds. The van der Waals surface area contributed by atoms with Crippen molar-refractivity contribution in [3.63, 3.8) is 0 Å². The van der Waals surface area contributed by atoms with E-state index in [1.54, 1.807) is 30.7 Å². The Bertz CT molecular complexity index is 885. The van der Waals surface area contributed by atoms with E-state index < -0.39 is 10.7 Å². The van der Waals surface area contributed by atoms with Crippen LogP contribution in [0, 0.1) is 10.1 Å². The average molecular weight is 329 g/mol. The van der Waals surface area contributed by atoms with Crippen LogP contribution < -0.4 is 10.3 Å². The molecule has 0 saturated carbocycles. The second-order valence-electron chi connectivity index (χ2n) is 5.85. The smallest absolute Gasteiger partial charge is 0.294 e. The topological polar surface area (TPSA) is 96.5 Å². The number of aromatic nitrogens is 2. The Morgan fingerprint density at radius 2 is 2.21 bits per heavy atom. The Hall–Kier alpha value is -3.16. The van der Waals surface area contributed by atoms with E-state index >= 15 is 0 Å². The maximum Gasteiger partial charge on any atom is 0.294 e. The Labute approximate surface area is 137 Å². The van der Waals surface area contributed by atoms with Crippen LogP contribution in [0.15, 0.2) is 47.7 Å². The molecule has 3 heterocycles. The van der Waals surface area contributed by atoms with Gasteiger partial charge < -0.3 is 9.57 Å². The molecule has 0 aromatic carbocycles. The molecule has 1 aliphatic heterocycles. The van der Waals surface area contributed by atoms with Crippen LogP contribution in [0.3, 0.4) is 0 Å². The Morgan fingerprint density at radius 3 is 2.92 bits per heavy atom. The van der Waals surface area contributed by atoms with Gasteiger partial charge >= 0.3 is 0 Å². The van der Waals surface area contributed by atoms with Gasteiger partial charge in [0.2, 0.25) is 0 Å². The maximum absolute atomic E-state index is 12.4. The van der Waals surface area contributed by atoms with Crippen LogP contribution in [0.25, 0.3) is 5.70 Å². The molecule has 0 atom stereocenters. The highest BCUT2D eigenvalue weighted by atomic mass is 16.9. The SMILES string of the molecule is CC1(C)C=C(n2ccc(CO[N+](=O)[O-])cc2=O)c2cnccc2O1. The van der Waals surface area contributed by atoms with Gasteiger partial charge in [0.25, 0.3) is 10.6 Å². The van der Waals surface area contributed by atoms with Crippen LogP contribution in [-0.4, -0.2) is 20.2 Å². The van der Waals surface area contributed by atoms with E-state index in [9.17, 15) is 14.9 Å². The number of rotatable bonds is 4. The van der Waals surface area contributed by atoms with Crippen LogP contribution in [-0.2, 0) is 11.4 Å². The summed E-state index contributed by atoms with van der Waals surface area (Å²) < 4.78 is 7.33. The summed E-state index contributed by atoms with van der Waals surface area (Å²) in [6, 6.07) is 4.65. The van der Waals surface area contributed by atoms with Crippen molar-refractivity contribution in [1.82, 2.24) is 9.55 Å². The van der Waals surface area contributed by atoms with Gasteiger partial charge in [-0.1, -0.05) is 0 Å². The normalized spacial score (nSPS) is 15.0. The molecule has 8 heteroatoms. The lowest BCUT2D eigenvalue weighted by Crippen LogP contribution is -2.32. The molecule has 1 aliphatic rings. The van der Waals surface area contributed by atoms with Crippen LogP contribution in [0.4, 0.5) is 0 Å². The second kappa shape index (κ2) is 5.80. The van der Waals surface area contributed by atoms with Crippen LogP contribution in [0.5, 0.6) is 5.75 Å². The van der Waals surface area contributed by atoms with E-state index in [0.717, 1.165) is 0 Å². The molecule has 0 radical (unpaired) electrons. The lowest BCUT2D eigenvalue weighted by Gasteiger charge is -2.31. The highest BCUT2D eigenvalue weighted by molar-refractivity contribution is 5.72. The number of fused-ring (bicyclic) bond motifs is 1. The van der Waals surface area contributed by atoms with Gasteiger partial charge in [0.1, 0.15) is 18.0 Å². The molecule has 0 bridgehead atoms. The lowest BCUT2D eigenvalue weighted by atomic mass is 10.0. The molecule has 0 saturated heterocycles. The van der Waals surface area contributed by atoms with Crippen LogP contribution in [0.2, 0.25) is 0 Å². The molecule has 124 valence electrons. The van der Waals surface area contributed by atoms with Crippen molar-refractivity contribution in [3.05, 3.63) is 74.5 Å². The highest BCUT2D eigenvalue weighted by Gasteiger charge is 2.27. The average Bonchev–Trinajstić information content (AvgIpc) is 2.51. The monoisotopic (exact) mass is 329 g/mol. The fourth-order valence-electron chi connectivity index (χ4n) is 2.52. The minimum atomic E-state index is -0.892. The first kappa shape index (κ1) is 15.7. The third-order valence-corrected chi connectivity index (χ3v) is 3.49. The molecule has 2 aromatic rings. The van der Waals surface area contributed by atoms with Gasteiger partial charge in [-0.25, -0.2) is 0 Å². The predicted molar refractivity (Wildman–Crippen MR) is 84.8 cm³/mol. The van der Waals surface area contributed by atoms with Crippen molar-refractivity contribution >= 4 is 5.70 Å². The van der Waals surface area contributed by atoms with E-state index in [1.165, 1.54) is 10.6 Å². The first-order valence-corrected chi connectivity index (χ1v) is 7.21. The Balaban J connectivity index is 2.03. The second-order valence-corrected chi connectivity index (χ2v) is 5.85. The Kier molecular flexibility index (Phi) is 3.80. The number of nitrogens with zero attached hydrogens (tertiary/aromatic N) is 3. The van der Waals surface area contributed by atoms with Gasteiger partial charge in [-0.05, 0) is 37.6 Å². The summed E-state index contributed by atoms with van der Waals surface area (Å²) in [5.74, 6) is 0.639. The number of hydrogen-bond acceptors (Lipinski definition) is 6. The van der Waals surface area contributed by atoms with Gasteiger partial charge in [0.15, 0.2) is 0 Å². The quantitative estimate of drug-likeness (QED) is 0.629. The molecule has 0 unspecified atom stereocenters. The summed E-state index contributed by atoms with van der Waals surface area (Å²) in [5, 5.41) is 9.36. The fourth-order valence-corrected chi connectivity index (χ4v) is 2.52. The number of pyridine rings is 2. The van der Waals surface area contributed by atoms with Gasteiger partial charge in [-0.3, -0.25) is 14.3 Å². The molecule has 0 spiro atoms. The molecule has 0 N–H and O–H groups in total. The summed E-state index contributed by atoms with van der Waals surface area (Å²) in [5.41, 5.74) is 0.870. The van der Waals surface area contributed by atoms with Crippen molar-refractivity contribution in [1.29, 1.82) is 0 Å². The summed E-state index contributed by atoms with van der Waals surface area (Å²) in [6.45, 7) is 3.51. The molecule has 0 aliphatic carbocycles. The molecule has 8 nitrogen and oxygen atoms in total. The van der Waals surface area contributed by atoms with Crippen molar-refractivity contribution in [2.75, 3.05) is 0 Å². The lowest BCUT2D eigenvalue weighted by molar-refractivity contribution is -0.763. The molecule has 0 fully saturated rings. The van der Waals surface area contributed by atoms with E-state index in [2.05, 4.69) is 9.82 Å². The first-order chi connectivity index (χ1) is 11.4. The summed E-state index contributed by atoms with van der Waals surface area (Å²) in [7, 11) is 0. The third kappa shape index (κ3) is 3.12.